The van der Waals surface area contributed by atoms with E-state index >= 15 is 0 Å². The van der Waals surface area contributed by atoms with Crippen molar-refractivity contribution < 1.29 is 19.4 Å². The molecule has 0 radical (unpaired) electrons. The molecule has 1 atom stereocenters. The predicted octanol–water partition coefficient (Wildman–Crippen LogP) is -0.236. The van der Waals surface area contributed by atoms with Gasteiger partial charge in [-0.3, -0.25) is 9.59 Å². The Morgan fingerprint density at radius 2 is 2.45 bits per heavy atom. The third kappa shape index (κ3) is 3.24. The Labute approximate surface area is 116 Å². The van der Waals surface area contributed by atoms with Crippen LogP contribution in [-0.4, -0.2) is 59.7 Å². The van der Waals surface area contributed by atoms with Crippen molar-refractivity contribution in [3.63, 3.8) is 0 Å². The predicted molar refractivity (Wildman–Crippen MR) is 70.2 cm³/mol. The van der Waals surface area contributed by atoms with Crippen LogP contribution in [0.15, 0.2) is 18.3 Å². The maximum absolute atomic E-state index is 12.0. The molecule has 1 unspecified atom stereocenters. The molecule has 0 bridgehead atoms. The lowest BCUT2D eigenvalue weighted by Gasteiger charge is -2.16. The topological polar surface area (TPSA) is 91.8 Å². The van der Waals surface area contributed by atoms with Crippen molar-refractivity contribution in [2.24, 2.45) is 0 Å². The summed E-state index contributed by atoms with van der Waals surface area (Å²) in [6.45, 7) is 1.42. The number of carbonyl (C=O) groups is 2. The first-order chi connectivity index (χ1) is 9.61. The average Bonchev–Trinajstić information content (AvgIpc) is 2.76. The summed E-state index contributed by atoms with van der Waals surface area (Å²) in [5.41, 5.74) is -0.0321. The van der Waals surface area contributed by atoms with Gasteiger partial charge in [0, 0.05) is 32.8 Å². The minimum atomic E-state index is -0.477. The van der Waals surface area contributed by atoms with E-state index in [-0.39, 0.29) is 29.8 Å². The number of rotatable bonds is 5. The Morgan fingerprint density at radius 1 is 1.65 bits per heavy atom. The van der Waals surface area contributed by atoms with Gasteiger partial charge in [-0.2, -0.15) is 0 Å². The van der Waals surface area contributed by atoms with Crippen LogP contribution in [0.2, 0.25) is 0 Å². The molecule has 1 aromatic heterocycles. The van der Waals surface area contributed by atoms with Gasteiger partial charge < -0.3 is 20.1 Å². The first-order valence-corrected chi connectivity index (χ1v) is 6.33. The zero-order chi connectivity index (χ0) is 14.5. The Bertz CT molecular complexity index is 506. The van der Waals surface area contributed by atoms with Gasteiger partial charge in [0.15, 0.2) is 5.69 Å². The fourth-order valence-corrected chi connectivity index (χ4v) is 2.11. The van der Waals surface area contributed by atoms with Crippen LogP contribution < -0.4 is 5.32 Å². The third-order valence-corrected chi connectivity index (χ3v) is 3.12. The number of ether oxygens (including phenoxy) is 1. The molecule has 7 nitrogen and oxygen atoms in total. The zero-order valence-electron chi connectivity index (χ0n) is 11.2. The number of hydrogen-bond donors (Lipinski definition) is 2. The Balaban J connectivity index is 1.93. The number of pyridine rings is 1. The number of methoxy groups -OCH3 is 1. The fourth-order valence-electron chi connectivity index (χ4n) is 2.11. The fraction of sp³-hybridized carbons (Fsp3) is 0.462. The molecule has 1 aliphatic heterocycles. The summed E-state index contributed by atoms with van der Waals surface area (Å²) in [6, 6.07) is 2.66. The maximum atomic E-state index is 12.0. The summed E-state index contributed by atoms with van der Waals surface area (Å²) >= 11 is 0. The maximum Gasteiger partial charge on any atom is 0.274 e. The SMILES string of the molecule is COCCN1CC(NC(=O)c2ncccc2O)CC1=O. The van der Waals surface area contributed by atoms with Crippen LogP contribution >= 0.6 is 0 Å². The number of nitrogens with one attached hydrogen (secondary N) is 1. The molecule has 0 saturated carbocycles. The van der Waals surface area contributed by atoms with Crippen molar-refractivity contribution >= 4 is 11.8 Å². The average molecular weight is 279 g/mol. The highest BCUT2D eigenvalue weighted by Crippen LogP contribution is 2.15. The van der Waals surface area contributed by atoms with Crippen molar-refractivity contribution in [2.75, 3.05) is 26.8 Å². The summed E-state index contributed by atoms with van der Waals surface area (Å²) in [4.78, 5) is 29.2. The smallest absolute Gasteiger partial charge is 0.274 e. The summed E-state index contributed by atoms with van der Waals surface area (Å²) in [7, 11) is 1.57. The van der Waals surface area contributed by atoms with E-state index in [1.54, 1.807) is 12.0 Å². The quantitative estimate of drug-likeness (QED) is 0.776. The van der Waals surface area contributed by atoms with Gasteiger partial charge in [0.2, 0.25) is 5.91 Å². The molecule has 2 heterocycles. The van der Waals surface area contributed by atoms with Crippen molar-refractivity contribution in [1.82, 2.24) is 15.2 Å². The lowest BCUT2D eigenvalue weighted by Crippen LogP contribution is -2.38. The summed E-state index contributed by atoms with van der Waals surface area (Å²) in [5.74, 6) is -0.669. The highest BCUT2D eigenvalue weighted by atomic mass is 16.5. The van der Waals surface area contributed by atoms with Gasteiger partial charge in [-0.25, -0.2) is 4.98 Å². The van der Waals surface area contributed by atoms with E-state index in [1.807, 2.05) is 0 Å². The first-order valence-electron chi connectivity index (χ1n) is 6.33. The van der Waals surface area contributed by atoms with E-state index in [1.165, 1.54) is 18.3 Å². The van der Waals surface area contributed by atoms with Crippen molar-refractivity contribution in [1.29, 1.82) is 0 Å². The van der Waals surface area contributed by atoms with E-state index in [2.05, 4.69) is 10.3 Å². The van der Waals surface area contributed by atoms with Gasteiger partial charge in [0.25, 0.3) is 5.91 Å². The molecule has 1 fully saturated rings. The highest BCUT2D eigenvalue weighted by Gasteiger charge is 2.30. The number of aromatic nitrogens is 1. The molecule has 1 saturated heterocycles. The molecule has 0 aliphatic carbocycles. The number of carbonyl (C=O) groups excluding carboxylic acids is 2. The lowest BCUT2D eigenvalue weighted by molar-refractivity contribution is -0.128. The van der Waals surface area contributed by atoms with Crippen LogP contribution in [-0.2, 0) is 9.53 Å². The minimum absolute atomic E-state index is 0.0161. The van der Waals surface area contributed by atoms with Gasteiger partial charge in [-0.15, -0.1) is 0 Å². The van der Waals surface area contributed by atoms with E-state index in [0.717, 1.165) is 0 Å². The molecule has 0 aromatic carbocycles. The molecule has 0 spiro atoms. The molecule has 2 N–H and O–H groups in total. The monoisotopic (exact) mass is 279 g/mol. The molecular formula is C13H17N3O4. The van der Waals surface area contributed by atoms with Gasteiger partial charge in [0.1, 0.15) is 5.75 Å². The Hall–Kier alpha value is -2.15. The van der Waals surface area contributed by atoms with Gasteiger partial charge in [-0.1, -0.05) is 0 Å². The Morgan fingerprint density at radius 3 is 3.15 bits per heavy atom. The van der Waals surface area contributed by atoms with Crippen LogP contribution in [0, 0.1) is 0 Å². The Kier molecular flexibility index (Phi) is 4.52. The van der Waals surface area contributed by atoms with Gasteiger partial charge in [0.05, 0.1) is 12.6 Å². The number of hydrogen-bond acceptors (Lipinski definition) is 5. The van der Waals surface area contributed by atoms with Gasteiger partial charge in [-0.05, 0) is 12.1 Å². The lowest BCUT2D eigenvalue weighted by atomic mass is 10.2. The summed E-state index contributed by atoms with van der Waals surface area (Å²) < 4.78 is 4.93. The standard InChI is InChI=1S/C13H17N3O4/c1-20-6-5-16-8-9(7-11(16)18)15-13(19)12-10(17)3-2-4-14-12/h2-4,9,17H,5-8H2,1H3,(H,15,19). The highest BCUT2D eigenvalue weighted by molar-refractivity contribution is 5.95. The number of aromatic hydroxyl groups is 1. The van der Waals surface area contributed by atoms with E-state index in [9.17, 15) is 14.7 Å². The van der Waals surface area contributed by atoms with Crippen molar-refractivity contribution in [3.05, 3.63) is 24.0 Å². The van der Waals surface area contributed by atoms with Crippen LogP contribution in [0.3, 0.4) is 0 Å². The molecule has 108 valence electrons. The molecule has 20 heavy (non-hydrogen) atoms. The molecule has 7 heteroatoms. The van der Waals surface area contributed by atoms with Crippen molar-refractivity contribution in [2.45, 2.75) is 12.5 Å². The van der Waals surface area contributed by atoms with Crippen LogP contribution in [0.1, 0.15) is 16.9 Å². The van der Waals surface area contributed by atoms with Crippen LogP contribution in [0.5, 0.6) is 5.75 Å². The van der Waals surface area contributed by atoms with E-state index in [4.69, 9.17) is 4.74 Å². The van der Waals surface area contributed by atoms with Crippen LogP contribution in [0.4, 0.5) is 0 Å². The molecule has 1 aliphatic rings. The molecule has 2 rings (SSSR count). The largest absolute Gasteiger partial charge is 0.505 e. The normalized spacial score (nSPS) is 18.4. The summed E-state index contributed by atoms with van der Waals surface area (Å²) in [5, 5.41) is 12.3. The number of nitrogens with zero attached hydrogens (tertiary/aromatic N) is 2. The van der Waals surface area contributed by atoms with E-state index < -0.39 is 5.91 Å². The summed E-state index contributed by atoms with van der Waals surface area (Å²) in [6.07, 6.45) is 1.68. The minimum Gasteiger partial charge on any atom is -0.505 e. The third-order valence-electron chi connectivity index (χ3n) is 3.12. The number of likely N-dealkylation sites (tertiary alicyclic amines) is 1. The molecule has 1 aromatic rings. The first kappa shape index (κ1) is 14.3. The second-order valence-corrected chi connectivity index (χ2v) is 4.58. The van der Waals surface area contributed by atoms with E-state index in [0.29, 0.717) is 19.7 Å². The zero-order valence-corrected chi connectivity index (χ0v) is 11.2. The second kappa shape index (κ2) is 6.33. The molecular weight excluding hydrogens is 262 g/mol. The molecule has 2 amide bonds. The van der Waals surface area contributed by atoms with Crippen molar-refractivity contribution in [3.8, 4) is 5.75 Å². The van der Waals surface area contributed by atoms with Gasteiger partial charge >= 0.3 is 0 Å². The number of amides is 2. The second-order valence-electron chi connectivity index (χ2n) is 4.58. The van der Waals surface area contributed by atoms with Crippen LogP contribution in [0.25, 0.3) is 0 Å².